The number of para-hydroxylation sites is 2. The van der Waals surface area contributed by atoms with Crippen LogP contribution < -0.4 is 10.1 Å². The molecule has 0 saturated carbocycles. The van der Waals surface area contributed by atoms with E-state index in [4.69, 9.17) is 4.74 Å². The van der Waals surface area contributed by atoms with E-state index in [0.717, 1.165) is 32.7 Å². The number of hydrogen-bond donors (Lipinski definition) is 1. The number of benzene rings is 2. The fraction of sp³-hybridized carbons (Fsp3) is 0.100. The average Bonchev–Trinajstić information content (AvgIpc) is 3.45. The van der Waals surface area contributed by atoms with Gasteiger partial charge in [0, 0.05) is 5.38 Å². The van der Waals surface area contributed by atoms with Crippen LogP contribution in [0.2, 0.25) is 0 Å². The fourth-order valence-electron chi connectivity index (χ4n) is 3.14. The van der Waals surface area contributed by atoms with E-state index in [1.54, 1.807) is 12.6 Å². The van der Waals surface area contributed by atoms with E-state index in [1.165, 1.54) is 22.7 Å². The molecule has 0 aliphatic heterocycles. The van der Waals surface area contributed by atoms with Crippen molar-refractivity contribution in [3.05, 3.63) is 53.4 Å². The Labute approximate surface area is 173 Å². The molecule has 5 aromatic rings. The van der Waals surface area contributed by atoms with Crippen molar-refractivity contribution in [1.82, 2.24) is 19.5 Å². The summed E-state index contributed by atoms with van der Waals surface area (Å²) in [5.41, 5.74) is 5.05. The van der Waals surface area contributed by atoms with Gasteiger partial charge in [0.1, 0.15) is 18.0 Å². The van der Waals surface area contributed by atoms with Crippen LogP contribution in [0.25, 0.3) is 32.8 Å². The Morgan fingerprint density at radius 2 is 2.07 bits per heavy atom. The maximum absolute atomic E-state index is 12.8. The molecule has 0 bridgehead atoms. The SMILES string of the molecule is COc1ccc2nc(NC(=O)Cn3c(-c4cscn4)nc4ccccc43)sc2c1. The molecule has 1 N–H and O–H groups in total. The molecule has 144 valence electrons. The molecule has 0 aliphatic rings. The molecule has 3 heterocycles. The minimum Gasteiger partial charge on any atom is -0.497 e. The summed E-state index contributed by atoms with van der Waals surface area (Å²) < 4.78 is 8.09. The Hall–Kier alpha value is -3.30. The van der Waals surface area contributed by atoms with Crippen molar-refractivity contribution in [3.63, 3.8) is 0 Å². The number of aromatic nitrogens is 4. The topological polar surface area (TPSA) is 81.9 Å². The van der Waals surface area contributed by atoms with Gasteiger partial charge in [0.05, 0.1) is 33.9 Å². The summed E-state index contributed by atoms with van der Waals surface area (Å²) in [6.45, 7) is 0.118. The summed E-state index contributed by atoms with van der Waals surface area (Å²) in [5, 5.41) is 5.39. The maximum Gasteiger partial charge on any atom is 0.246 e. The van der Waals surface area contributed by atoms with Crippen LogP contribution in [0.1, 0.15) is 0 Å². The Bertz CT molecular complexity index is 1320. The molecule has 0 radical (unpaired) electrons. The summed E-state index contributed by atoms with van der Waals surface area (Å²) >= 11 is 2.91. The Morgan fingerprint density at radius 1 is 1.17 bits per heavy atom. The van der Waals surface area contributed by atoms with Gasteiger partial charge < -0.3 is 14.6 Å². The van der Waals surface area contributed by atoms with E-state index in [-0.39, 0.29) is 12.5 Å². The van der Waals surface area contributed by atoms with Gasteiger partial charge in [0.25, 0.3) is 0 Å². The molecule has 29 heavy (non-hydrogen) atoms. The van der Waals surface area contributed by atoms with Crippen LogP contribution >= 0.6 is 22.7 Å². The zero-order valence-corrected chi connectivity index (χ0v) is 17.0. The molecule has 9 heteroatoms. The molecule has 0 atom stereocenters. The van der Waals surface area contributed by atoms with Crippen LogP contribution in [0, 0.1) is 0 Å². The first-order valence-electron chi connectivity index (χ1n) is 8.79. The van der Waals surface area contributed by atoms with Crippen molar-refractivity contribution in [2.24, 2.45) is 0 Å². The number of nitrogens with zero attached hydrogens (tertiary/aromatic N) is 4. The minimum absolute atomic E-state index is 0.118. The van der Waals surface area contributed by atoms with E-state index >= 15 is 0 Å². The number of fused-ring (bicyclic) bond motifs is 2. The van der Waals surface area contributed by atoms with Gasteiger partial charge in [0.2, 0.25) is 5.91 Å². The molecule has 0 unspecified atom stereocenters. The molecule has 5 rings (SSSR count). The lowest BCUT2D eigenvalue weighted by Crippen LogP contribution is -2.19. The largest absolute Gasteiger partial charge is 0.497 e. The molecule has 0 saturated heterocycles. The number of rotatable bonds is 5. The Balaban J connectivity index is 1.45. The number of carbonyl (C=O) groups is 1. The molecule has 0 aliphatic carbocycles. The predicted molar refractivity (Wildman–Crippen MR) is 116 cm³/mol. The lowest BCUT2D eigenvalue weighted by molar-refractivity contribution is -0.116. The molecule has 3 aromatic heterocycles. The second kappa shape index (κ2) is 7.26. The number of carbonyl (C=O) groups excluding carboxylic acids is 1. The summed E-state index contributed by atoms with van der Waals surface area (Å²) in [7, 11) is 1.63. The van der Waals surface area contributed by atoms with Gasteiger partial charge in [-0.25, -0.2) is 15.0 Å². The van der Waals surface area contributed by atoms with E-state index in [1.807, 2.05) is 52.4 Å². The lowest BCUT2D eigenvalue weighted by atomic mass is 10.3. The standard InChI is InChI=1S/C20H15N5O2S2/c1-27-12-6-7-14-17(8-12)29-20(23-14)24-18(26)9-25-16-5-3-2-4-13(16)22-19(25)15-10-28-11-21-15/h2-8,10-11H,9H2,1H3,(H,23,24,26). The summed E-state index contributed by atoms with van der Waals surface area (Å²) in [5.74, 6) is 1.27. The smallest absolute Gasteiger partial charge is 0.246 e. The van der Waals surface area contributed by atoms with Gasteiger partial charge in [0.15, 0.2) is 11.0 Å². The van der Waals surface area contributed by atoms with Crippen LogP contribution in [0.5, 0.6) is 5.75 Å². The van der Waals surface area contributed by atoms with Crippen LogP contribution in [0.4, 0.5) is 5.13 Å². The first-order chi connectivity index (χ1) is 14.2. The van der Waals surface area contributed by atoms with Crippen molar-refractivity contribution in [2.45, 2.75) is 6.54 Å². The van der Waals surface area contributed by atoms with Crippen molar-refractivity contribution in [2.75, 3.05) is 12.4 Å². The lowest BCUT2D eigenvalue weighted by Gasteiger charge is -2.07. The number of thiazole rings is 2. The number of imidazole rings is 1. The van der Waals surface area contributed by atoms with Crippen LogP contribution in [0.3, 0.4) is 0 Å². The number of hydrogen-bond acceptors (Lipinski definition) is 7. The highest BCUT2D eigenvalue weighted by molar-refractivity contribution is 7.22. The van der Waals surface area contributed by atoms with Crippen molar-refractivity contribution in [1.29, 1.82) is 0 Å². The van der Waals surface area contributed by atoms with Crippen LogP contribution in [0.15, 0.2) is 53.4 Å². The van der Waals surface area contributed by atoms with Gasteiger partial charge in [-0.3, -0.25) is 4.79 Å². The van der Waals surface area contributed by atoms with Gasteiger partial charge in [-0.1, -0.05) is 23.5 Å². The van der Waals surface area contributed by atoms with Gasteiger partial charge >= 0.3 is 0 Å². The number of anilines is 1. The van der Waals surface area contributed by atoms with Crippen molar-refractivity contribution in [3.8, 4) is 17.3 Å². The van der Waals surface area contributed by atoms with E-state index < -0.39 is 0 Å². The fourth-order valence-corrected chi connectivity index (χ4v) is 4.58. The Morgan fingerprint density at radius 3 is 2.90 bits per heavy atom. The monoisotopic (exact) mass is 421 g/mol. The first-order valence-corrected chi connectivity index (χ1v) is 10.6. The molecular formula is C20H15N5O2S2. The number of ether oxygens (including phenoxy) is 1. The third-order valence-corrected chi connectivity index (χ3v) is 5.98. The van der Waals surface area contributed by atoms with E-state index in [2.05, 4.69) is 20.3 Å². The average molecular weight is 422 g/mol. The summed E-state index contributed by atoms with van der Waals surface area (Å²) in [6.07, 6.45) is 0. The van der Waals surface area contributed by atoms with E-state index in [0.29, 0.717) is 11.0 Å². The zero-order valence-electron chi connectivity index (χ0n) is 15.3. The van der Waals surface area contributed by atoms with Crippen LogP contribution in [-0.4, -0.2) is 32.5 Å². The molecule has 1 amide bonds. The highest BCUT2D eigenvalue weighted by Gasteiger charge is 2.17. The molecule has 7 nitrogen and oxygen atoms in total. The van der Waals surface area contributed by atoms with Crippen molar-refractivity contribution < 1.29 is 9.53 Å². The number of methoxy groups -OCH3 is 1. The summed E-state index contributed by atoms with van der Waals surface area (Å²) in [6, 6.07) is 13.4. The number of nitrogens with one attached hydrogen (secondary N) is 1. The summed E-state index contributed by atoms with van der Waals surface area (Å²) in [4.78, 5) is 26.3. The van der Waals surface area contributed by atoms with Gasteiger partial charge in [-0.05, 0) is 30.3 Å². The minimum atomic E-state index is -0.171. The third-order valence-electron chi connectivity index (χ3n) is 4.46. The van der Waals surface area contributed by atoms with Crippen molar-refractivity contribution >= 4 is 55.0 Å². The van der Waals surface area contributed by atoms with E-state index in [9.17, 15) is 4.79 Å². The molecule has 0 fully saturated rings. The number of amides is 1. The second-order valence-electron chi connectivity index (χ2n) is 6.28. The third kappa shape index (κ3) is 3.34. The Kier molecular flexibility index (Phi) is 4.45. The molecule has 2 aromatic carbocycles. The van der Waals surface area contributed by atoms with Crippen LogP contribution in [-0.2, 0) is 11.3 Å². The normalized spacial score (nSPS) is 11.2. The maximum atomic E-state index is 12.8. The van der Waals surface area contributed by atoms with Gasteiger partial charge in [-0.2, -0.15) is 0 Å². The predicted octanol–water partition coefficient (Wildman–Crippen LogP) is 4.42. The highest BCUT2D eigenvalue weighted by Crippen LogP contribution is 2.29. The first kappa shape index (κ1) is 17.8. The molecule has 0 spiro atoms. The second-order valence-corrected chi connectivity index (χ2v) is 8.03. The quantitative estimate of drug-likeness (QED) is 0.454. The molecular weight excluding hydrogens is 406 g/mol. The van der Waals surface area contributed by atoms with Gasteiger partial charge in [-0.15, -0.1) is 11.3 Å². The zero-order chi connectivity index (χ0) is 19.8. The highest BCUT2D eigenvalue weighted by atomic mass is 32.1.